The predicted molar refractivity (Wildman–Crippen MR) is 77.2 cm³/mol. The molecule has 1 aromatic heterocycles. The summed E-state index contributed by atoms with van der Waals surface area (Å²) < 4.78 is 24.0. The first-order chi connectivity index (χ1) is 10.2. The van der Waals surface area contributed by atoms with Crippen molar-refractivity contribution in [1.29, 1.82) is 0 Å². The fourth-order valence-electron chi connectivity index (χ4n) is 1.93. The largest absolute Gasteiger partial charge is 0.468 e. The molecule has 2 atom stereocenters. The van der Waals surface area contributed by atoms with Gasteiger partial charge in [-0.3, -0.25) is 0 Å². The van der Waals surface area contributed by atoms with Crippen LogP contribution in [0, 0.1) is 5.82 Å². The van der Waals surface area contributed by atoms with E-state index in [4.69, 9.17) is 9.15 Å². The SMILES string of the molecule is C[C@@H](NCC(O)COCc1ccccc1F)c1ccco1. The fourth-order valence-corrected chi connectivity index (χ4v) is 1.93. The van der Waals surface area contributed by atoms with Crippen LogP contribution in [0.15, 0.2) is 47.1 Å². The van der Waals surface area contributed by atoms with Crippen molar-refractivity contribution in [3.05, 3.63) is 59.8 Å². The molecule has 0 aliphatic rings. The highest BCUT2D eigenvalue weighted by molar-refractivity contribution is 5.16. The van der Waals surface area contributed by atoms with Crippen LogP contribution in [0.5, 0.6) is 0 Å². The molecule has 2 N–H and O–H groups in total. The second kappa shape index (κ2) is 7.93. The van der Waals surface area contributed by atoms with Gasteiger partial charge in [0, 0.05) is 12.1 Å². The Balaban J connectivity index is 1.66. The molecule has 0 bridgehead atoms. The Kier molecular flexibility index (Phi) is 5.92. The summed E-state index contributed by atoms with van der Waals surface area (Å²) in [4.78, 5) is 0. The Morgan fingerprint density at radius 3 is 2.81 bits per heavy atom. The Labute approximate surface area is 123 Å². The normalized spacial score (nSPS) is 14.0. The molecule has 21 heavy (non-hydrogen) atoms. The smallest absolute Gasteiger partial charge is 0.128 e. The number of ether oxygens (including phenoxy) is 1. The van der Waals surface area contributed by atoms with E-state index in [1.54, 1.807) is 24.5 Å². The average molecular weight is 293 g/mol. The van der Waals surface area contributed by atoms with Gasteiger partial charge in [-0.25, -0.2) is 4.39 Å². The van der Waals surface area contributed by atoms with Gasteiger partial charge in [0.15, 0.2) is 0 Å². The minimum Gasteiger partial charge on any atom is -0.468 e. The van der Waals surface area contributed by atoms with Gasteiger partial charge in [0.25, 0.3) is 0 Å². The number of aliphatic hydroxyl groups is 1. The van der Waals surface area contributed by atoms with Crippen molar-refractivity contribution < 1.29 is 18.7 Å². The summed E-state index contributed by atoms with van der Waals surface area (Å²) in [6.45, 7) is 2.62. The number of rotatable bonds is 8. The van der Waals surface area contributed by atoms with E-state index < -0.39 is 6.10 Å². The Bertz CT molecular complexity index is 530. The molecule has 0 amide bonds. The molecule has 2 rings (SSSR count). The highest BCUT2D eigenvalue weighted by atomic mass is 19.1. The highest BCUT2D eigenvalue weighted by Crippen LogP contribution is 2.12. The summed E-state index contributed by atoms with van der Waals surface area (Å²) in [6.07, 6.45) is 0.954. The van der Waals surface area contributed by atoms with Gasteiger partial charge < -0.3 is 19.6 Å². The highest BCUT2D eigenvalue weighted by Gasteiger charge is 2.11. The average Bonchev–Trinajstić information content (AvgIpc) is 3.01. The molecule has 0 fully saturated rings. The minimum absolute atomic E-state index is 0.0150. The summed E-state index contributed by atoms with van der Waals surface area (Å²) in [6, 6.07) is 10.2. The molecular formula is C16H20FNO3. The summed E-state index contributed by atoms with van der Waals surface area (Å²) in [5.74, 6) is 0.519. The first kappa shape index (κ1) is 15.7. The molecule has 0 saturated heterocycles. The lowest BCUT2D eigenvalue weighted by Crippen LogP contribution is -2.32. The quantitative estimate of drug-likeness (QED) is 0.785. The predicted octanol–water partition coefficient (Wildman–Crippen LogP) is 2.65. The van der Waals surface area contributed by atoms with Gasteiger partial charge in [-0.2, -0.15) is 0 Å². The van der Waals surface area contributed by atoms with Crippen molar-refractivity contribution in [3.8, 4) is 0 Å². The molecule has 0 spiro atoms. The molecule has 0 radical (unpaired) electrons. The van der Waals surface area contributed by atoms with E-state index in [1.807, 2.05) is 19.1 Å². The first-order valence-electron chi connectivity index (χ1n) is 6.93. The van der Waals surface area contributed by atoms with Crippen molar-refractivity contribution in [2.24, 2.45) is 0 Å². The van der Waals surface area contributed by atoms with Crippen molar-refractivity contribution in [1.82, 2.24) is 5.32 Å². The third-order valence-corrected chi connectivity index (χ3v) is 3.16. The Hall–Kier alpha value is -1.69. The molecule has 114 valence electrons. The van der Waals surface area contributed by atoms with E-state index in [9.17, 15) is 9.50 Å². The second-order valence-corrected chi connectivity index (χ2v) is 4.91. The zero-order valence-electron chi connectivity index (χ0n) is 12.0. The molecular weight excluding hydrogens is 273 g/mol. The minimum atomic E-state index is -0.658. The van der Waals surface area contributed by atoms with Crippen molar-refractivity contribution in [2.45, 2.75) is 25.7 Å². The van der Waals surface area contributed by atoms with E-state index >= 15 is 0 Å². The maximum absolute atomic E-state index is 13.4. The zero-order chi connectivity index (χ0) is 15.1. The number of hydrogen-bond donors (Lipinski definition) is 2. The molecule has 0 aliphatic heterocycles. The standard InChI is InChI=1S/C16H20FNO3/c1-12(16-7-4-8-21-16)18-9-14(19)11-20-10-13-5-2-3-6-15(13)17/h2-8,12,14,18-19H,9-11H2,1H3/t12-,14?/m1/s1. The van der Waals surface area contributed by atoms with Crippen LogP contribution in [0.25, 0.3) is 0 Å². The Morgan fingerprint density at radius 2 is 2.10 bits per heavy atom. The molecule has 2 aromatic rings. The molecule has 0 saturated carbocycles. The topological polar surface area (TPSA) is 54.6 Å². The van der Waals surface area contributed by atoms with Crippen LogP contribution in [0.2, 0.25) is 0 Å². The maximum Gasteiger partial charge on any atom is 0.128 e. The van der Waals surface area contributed by atoms with Crippen LogP contribution in [0.1, 0.15) is 24.3 Å². The van der Waals surface area contributed by atoms with E-state index in [2.05, 4.69) is 5.32 Å². The maximum atomic E-state index is 13.4. The van der Waals surface area contributed by atoms with Gasteiger partial charge >= 0.3 is 0 Å². The summed E-state index contributed by atoms with van der Waals surface area (Å²) in [5.41, 5.74) is 0.488. The third-order valence-electron chi connectivity index (χ3n) is 3.16. The second-order valence-electron chi connectivity index (χ2n) is 4.91. The van der Waals surface area contributed by atoms with Crippen LogP contribution < -0.4 is 5.32 Å². The molecule has 4 nitrogen and oxygen atoms in total. The summed E-state index contributed by atoms with van der Waals surface area (Å²) >= 11 is 0. The van der Waals surface area contributed by atoms with Crippen molar-refractivity contribution in [3.63, 3.8) is 0 Å². The van der Waals surface area contributed by atoms with Gasteiger partial charge in [0.2, 0.25) is 0 Å². The monoisotopic (exact) mass is 293 g/mol. The van der Waals surface area contributed by atoms with Gasteiger partial charge in [-0.05, 0) is 25.1 Å². The Morgan fingerprint density at radius 1 is 1.29 bits per heavy atom. The number of benzene rings is 1. The van der Waals surface area contributed by atoms with Crippen LogP contribution in [0.3, 0.4) is 0 Å². The van der Waals surface area contributed by atoms with Crippen LogP contribution in [-0.2, 0) is 11.3 Å². The van der Waals surface area contributed by atoms with Gasteiger partial charge in [-0.15, -0.1) is 0 Å². The van der Waals surface area contributed by atoms with E-state index in [1.165, 1.54) is 6.07 Å². The number of furan rings is 1. The van der Waals surface area contributed by atoms with Gasteiger partial charge in [0.05, 0.1) is 31.6 Å². The van der Waals surface area contributed by atoms with Crippen LogP contribution >= 0.6 is 0 Å². The van der Waals surface area contributed by atoms with E-state index in [0.717, 1.165) is 5.76 Å². The zero-order valence-corrected chi connectivity index (χ0v) is 12.0. The lowest BCUT2D eigenvalue weighted by Gasteiger charge is -2.16. The van der Waals surface area contributed by atoms with Gasteiger partial charge in [0.1, 0.15) is 11.6 Å². The summed E-state index contributed by atoms with van der Waals surface area (Å²) in [7, 11) is 0. The van der Waals surface area contributed by atoms with Crippen LogP contribution in [-0.4, -0.2) is 24.4 Å². The number of aliphatic hydroxyl groups excluding tert-OH is 1. The van der Waals surface area contributed by atoms with Crippen LogP contribution in [0.4, 0.5) is 4.39 Å². The van der Waals surface area contributed by atoms with Crippen molar-refractivity contribution >= 4 is 0 Å². The molecule has 0 aliphatic carbocycles. The van der Waals surface area contributed by atoms with E-state index in [0.29, 0.717) is 12.1 Å². The molecule has 1 unspecified atom stereocenters. The van der Waals surface area contributed by atoms with Crippen molar-refractivity contribution in [2.75, 3.05) is 13.2 Å². The molecule has 5 heteroatoms. The summed E-state index contributed by atoms with van der Waals surface area (Å²) in [5, 5.41) is 13.0. The lowest BCUT2D eigenvalue weighted by molar-refractivity contribution is 0.0266. The molecule has 1 aromatic carbocycles. The lowest BCUT2D eigenvalue weighted by atomic mass is 10.2. The first-order valence-corrected chi connectivity index (χ1v) is 6.93. The number of halogens is 1. The fraction of sp³-hybridized carbons (Fsp3) is 0.375. The van der Waals surface area contributed by atoms with E-state index in [-0.39, 0.29) is 25.1 Å². The number of hydrogen-bond acceptors (Lipinski definition) is 4. The third kappa shape index (κ3) is 4.97. The van der Waals surface area contributed by atoms with Gasteiger partial charge in [-0.1, -0.05) is 18.2 Å². The number of nitrogens with one attached hydrogen (secondary N) is 1. The molecule has 1 heterocycles.